The van der Waals surface area contributed by atoms with Crippen LogP contribution in [0.15, 0.2) is 59.8 Å². The maximum Gasteiger partial charge on any atom is -0.0398 e. The molecule has 0 aromatic heterocycles. The van der Waals surface area contributed by atoms with E-state index in [0.717, 1.165) is 0 Å². The second-order valence-corrected chi connectivity index (χ2v) is 3.21. The Morgan fingerprint density at radius 2 is 1.07 bits per heavy atom. The first-order valence-electron chi connectivity index (χ1n) is 4.98. The average Bonchev–Trinajstić information content (AvgIpc) is 2.13. The molecule has 0 N–H and O–H groups in total. The topological polar surface area (TPSA) is 0 Å². The highest BCUT2D eigenvalue weighted by Crippen LogP contribution is 1.97. The van der Waals surface area contributed by atoms with Crippen molar-refractivity contribution in [3.05, 3.63) is 59.8 Å². The summed E-state index contributed by atoms with van der Waals surface area (Å²) in [5, 5.41) is 0. The SMILES string of the molecule is CC=CC(C)=CC=CC=C(C)C=CC. The minimum absolute atomic E-state index is 1.26. The molecule has 0 heterocycles. The summed E-state index contributed by atoms with van der Waals surface area (Å²) in [6.45, 7) is 8.23. The van der Waals surface area contributed by atoms with E-state index in [4.69, 9.17) is 0 Å². The van der Waals surface area contributed by atoms with Crippen LogP contribution in [0.1, 0.15) is 27.7 Å². The number of allylic oxidation sites excluding steroid dienone is 10. The van der Waals surface area contributed by atoms with E-state index in [0.29, 0.717) is 0 Å². The Hall–Kier alpha value is -1.30. The molecular formula is C14H20. The van der Waals surface area contributed by atoms with Crippen molar-refractivity contribution in [1.29, 1.82) is 0 Å². The third-order valence-electron chi connectivity index (χ3n) is 1.69. The first-order chi connectivity index (χ1) is 6.70. The molecule has 0 rings (SSSR count). The van der Waals surface area contributed by atoms with E-state index in [1.54, 1.807) is 0 Å². The summed E-state index contributed by atoms with van der Waals surface area (Å²) in [6, 6.07) is 0. The zero-order valence-corrected chi connectivity index (χ0v) is 9.62. The maximum absolute atomic E-state index is 2.10. The molecule has 0 spiro atoms. The van der Waals surface area contributed by atoms with E-state index in [2.05, 4.69) is 50.3 Å². The highest BCUT2D eigenvalue weighted by atomic mass is 13.8. The van der Waals surface area contributed by atoms with Crippen LogP contribution in [-0.2, 0) is 0 Å². The fraction of sp³-hybridized carbons (Fsp3) is 0.286. The lowest BCUT2D eigenvalue weighted by atomic mass is 10.2. The first kappa shape index (κ1) is 12.7. The van der Waals surface area contributed by atoms with Crippen LogP contribution < -0.4 is 0 Å². The molecule has 0 saturated carbocycles. The third-order valence-corrected chi connectivity index (χ3v) is 1.69. The first-order valence-corrected chi connectivity index (χ1v) is 4.98. The molecule has 0 heteroatoms. The van der Waals surface area contributed by atoms with E-state index in [1.165, 1.54) is 11.1 Å². The lowest BCUT2D eigenvalue weighted by Gasteiger charge is -1.87. The molecule has 0 aromatic rings. The van der Waals surface area contributed by atoms with Gasteiger partial charge in [-0.3, -0.25) is 0 Å². The van der Waals surface area contributed by atoms with Crippen LogP contribution in [0, 0.1) is 0 Å². The van der Waals surface area contributed by atoms with Gasteiger partial charge in [0.15, 0.2) is 0 Å². The van der Waals surface area contributed by atoms with E-state index in [1.807, 2.05) is 26.0 Å². The van der Waals surface area contributed by atoms with Crippen LogP contribution >= 0.6 is 0 Å². The second kappa shape index (κ2) is 8.31. The molecule has 0 aliphatic carbocycles. The summed E-state index contributed by atoms with van der Waals surface area (Å²) in [4.78, 5) is 0. The van der Waals surface area contributed by atoms with Gasteiger partial charge in [-0.05, 0) is 27.7 Å². The highest BCUT2D eigenvalue weighted by molar-refractivity contribution is 5.26. The van der Waals surface area contributed by atoms with E-state index >= 15 is 0 Å². The van der Waals surface area contributed by atoms with Gasteiger partial charge in [0.1, 0.15) is 0 Å². The molecule has 0 radical (unpaired) electrons. The summed E-state index contributed by atoms with van der Waals surface area (Å²) >= 11 is 0. The van der Waals surface area contributed by atoms with Gasteiger partial charge in [0, 0.05) is 0 Å². The van der Waals surface area contributed by atoms with Crippen LogP contribution in [-0.4, -0.2) is 0 Å². The van der Waals surface area contributed by atoms with Crippen molar-refractivity contribution in [2.75, 3.05) is 0 Å². The van der Waals surface area contributed by atoms with E-state index in [-0.39, 0.29) is 0 Å². The van der Waals surface area contributed by atoms with Crippen molar-refractivity contribution < 1.29 is 0 Å². The summed E-state index contributed by atoms with van der Waals surface area (Å²) in [5.74, 6) is 0. The van der Waals surface area contributed by atoms with Crippen LogP contribution in [0.4, 0.5) is 0 Å². The Morgan fingerprint density at radius 3 is 1.36 bits per heavy atom. The highest BCUT2D eigenvalue weighted by Gasteiger charge is 1.76. The fourth-order valence-corrected chi connectivity index (χ4v) is 1.05. The van der Waals surface area contributed by atoms with Crippen LogP contribution in [0.25, 0.3) is 0 Å². The molecule has 0 aliphatic rings. The van der Waals surface area contributed by atoms with Crippen molar-refractivity contribution in [3.8, 4) is 0 Å². The lowest BCUT2D eigenvalue weighted by molar-refractivity contribution is 1.49. The Balaban J connectivity index is 4.20. The fourth-order valence-electron chi connectivity index (χ4n) is 1.05. The molecule has 14 heavy (non-hydrogen) atoms. The smallest absolute Gasteiger partial charge is 0.0398 e. The monoisotopic (exact) mass is 188 g/mol. The molecule has 76 valence electrons. The predicted octanol–water partition coefficient (Wildman–Crippen LogP) is 4.59. The lowest BCUT2D eigenvalue weighted by Crippen LogP contribution is -1.66. The van der Waals surface area contributed by atoms with Gasteiger partial charge in [-0.15, -0.1) is 0 Å². The quantitative estimate of drug-likeness (QED) is 0.566. The van der Waals surface area contributed by atoms with Gasteiger partial charge in [-0.2, -0.15) is 0 Å². The van der Waals surface area contributed by atoms with Gasteiger partial charge in [-0.1, -0.05) is 59.8 Å². The minimum Gasteiger partial charge on any atom is -0.0874 e. The van der Waals surface area contributed by atoms with Crippen LogP contribution in [0.5, 0.6) is 0 Å². The summed E-state index contributed by atoms with van der Waals surface area (Å²) < 4.78 is 0. The maximum atomic E-state index is 2.10. The molecule has 0 aliphatic heterocycles. The molecule has 0 amide bonds. The van der Waals surface area contributed by atoms with Gasteiger partial charge >= 0.3 is 0 Å². The molecule has 0 saturated heterocycles. The van der Waals surface area contributed by atoms with Gasteiger partial charge in [0.25, 0.3) is 0 Å². The van der Waals surface area contributed by atoms with Crippen LogP contribution in [0.2, 0.25) is 0 Å². The van der Waals surface area contributed by atoms with E-state index < -0.39 is 0 Å². The predicted molar refractivity (Wildman–Crippen MR) is 66.3 cm³/mol. The standard InChI is InChI=1S/C14H20/c1-5-9-13(3)11-7-8-12-14(4)10-6-2/h5-12H,1-4H3. The average molecular weight is 188 g/mol. The molecule has 0 unspecified atom stereocenters. The Bertz CT molecular complexity index is 253. The number of hydrogen-bond acceptors (Lipinski definition) is 0. The second-order valence-electron chi connectivity index (χ2n) is 3.21. The normalized spacial score (nSPS) is 15.1. The summed E-state index contributed by atoms with van der Waals surface area (Å²) in [7, 11) is 0. The third kappa shape index (κ3) is 7.35. The number of rotatable bonds is 4. The molecule has 0 atom stereocenters. The zero-order valence-electron chi connectivity index (χ0n) is 9.62. The van der Waals surface area contributed by atoms with Crippen molar-refractivity contribution in [3.63, 3.8) is 0 Å². The summed E-state index contributed by atoms with van der Waals surface area (Å²) in [5.41, 5.74) is 2.53. The largest absolute Gasteiger partial charge is 0.0874 e. The van der Waals surface area contributed by atoms with E-state index in [9.17, 15) is 0 Å². The van der Waals surface area contributed by atoms with Crippen molar-refractivity contribution in [2.24, 2.45) is 0 Å². The molecule has 0 aromatic carbocycles. The van der Waals surface area contributed by atoms with Gasteiger partial charge < -0.3 is 0 Å². The number of hydrogen-bond donors (Lipinski definition) is 0. The molecule has 0 fully saturated rings. The Kier molecular flexibility index (Phi) is 7.53. The molecule has 0 nitrogen and oxygen atoms in total. The molecular weight excluding hydrogens is 168 g/mol. The molecule has 0 bridgehead atoms. The van der Waals surface area contributed by atoms with Gasteiger partial charge in [0.2, 0.25) is 0 Å². The van der Waals surface area contributed by atoms with Crippen molar-refractivity contribution in [1.82, 2.24) is 0 Å². The Morgan fingerprint density at radius 1 is 0.714 bits per heavy atom. The van der Waals surface area contributed by atoms with Crippen molar-refractivity contribution >= 4 is 0 Å². The van der Waals surface area contributed by atoms with Gasteiger partial charge in [-0.25, -0.2) is 0 Å². The Labute approximate surface area is 88.0 Å². The zero-order chi connectivity index (χ0) is 10.8. The summed E-state index contributed by atoms with van der Waals surface area (Å²) in [6.07, 6.45) is 16.6. The van der Waals surface area contributed by atoms with Crippen LogP contribution in [0.3, 0.4) is 0 Å². The minimum atomic E-state index is 1.26. The van der Waals surface area contributed by atoms with Gasteiger partial charge in [0.05, 0.1) is 0 Å². The van der Waals surface area contributed by atoms with Crippen molar-refractivity contribution in [2.45, 2.75) is 27.7 Å².